The highest BCUT2D eigenvalue weighted by Crippen LogP contribution is 2.43. The van der Waals surface area contributed by atoms with Crippen LogP contribution in [0.25, 0.3) is 0 Å². The van der Waals surface area contributed by atoms with Gasteiger partial charge in [0.25, 0.3) is 5.91 Å². The van der Waals surface area contributed by atoms with Gasteiger partial charge in [-0.25, -0.2) is 4.39 Å². The maximum atomic E-state index is 13.2. The molecule has 4 nitrogen and oxygen atoms in total. The van der Waals surface area contributed by atoms with Crippen LogP contribution < -0.4 is 5.32 Å². The molecule has 3 heterocycles. The van der Waals surface area contributed by atoms with E-state index in [9.17, 15) is 14.0 Å². The lowest BCUT2D eigenvalue weighted by Crippen LogP contribution is -2.46. The lowest BCUT2D eigenvalue weighted by atomic mass is 9.84. The predicted molar refractivity (Wildman–Crippen MR) is 100 cm³/mol. The minimum absolute atomic E-state index is 0.0187. The summed E-state index contributed by atoms with van der Waals surface area (Å²) in [6, 6.07) is 12.8. The number of amides is 2. The fourth-order valence-electron chi connectivity index (χ4n) is 5.03. The van der Waals surface area contributed by atoms with Crippen molar-refractivity contribution in [3.63, 3.8) is 0 Å². The molecule has 1 unspecified atom stereocenters. The lowest BCUT2D eigenvalue weighted by Gasteiger charge is -2.39. The van der Waals surface area contributed by atoms with Crippen LogP contribution in [0.15, 0.2) is 42.5 Å². The Morgan fingerprint density at radius 2 is 1.74 bits per heavy atom. The van der Waals surface area contributed by atoms with Gasteiger partial charge in [0.2, 0.25) is 5.91 Å². The van der Waals surface area contributed by atoms with Crippen LogP contribution in [-0.2, 0) is 11.2 Å². The smallest absolute Gasteiger partial charge is 0.254 e. The van der Waals surface area contributed by atoms with Crippen LogP contribution in [0.2, 0.25) is 0 Å². The summed E-state index contributed by atoms with van der Waals surface area (Å²) in [6.07, 6.45) is 4.26. The van der Waals surface area contributed by atoms with Crippen LogP contribution in [0.1, 0.15) is 53.1 Å². The van der Waals surface area contributed by atoms with Gasteiger partial charge in [-0.05, 0) is 73.1 Å². The number of anilines is 1. The molecular formula is C22H21FN2O2. The molecule has 2 aromatic carbocycles. The van der Waals surface area contributed by atoms with E-state index in [2.05, 4.69) is 10.2 Å². The maximum Gasteiger partial charge on any atom is 0.254 e. The monoisotopic (exact) mass is 364 g/mol. The topological polar surface area (TPSA) is 49.4 Å². The van der Waals surface area contributed by atoms with Crippen LogP contribution in [0.4, 0.5) is 10.1 Å². The molecule has 2 bridgehead atoms. The first kappa shape index (κ1) is 16.5. The normalized spacial score (nSPS) is 26.0. The van der Waals surface area contributed by atoms with Gasteiger partial charge in [0.05, 0.1) is 6.42 Å². The van der Waals surface area contributed by atoms with Gasteiger partial charge in [-0.15, -0.1) is 0 Å². The van der Waals surface area contributed by atoms with Gasteiger partial charge in [0.15, 0.2) is 0 Å². The SMILES string of the molecule is O=C1Cc2cc(C(=O)N3[C@@H]4CC[C@H]3CC(c3ccc(F)cc3)C4)ccc2N1. The molecule has 0 radical (unpaired) electrons. The van der Waals surface area contributed by atoms with Gasteiger partial charge in [-0.1, -0.05) is 12.1 Å². The summed E-state index contributed by atoms with van der Waals surface area (Å²) < 4.78 is 13.2. The largest absolute Gasteiger partial charge is 0.333 e. The van der Waals surface area contributed by atoms with Crippen molar-refractivity contribution < 1.29 is 14.0 Å². The summed E-state index contributed by atoms with van der Waals surface area (Å²) in [5, 5.41) is 2.81. The summed E-state index contributed by atoms with van der Waals surface area (Å²) in [6.45, 7) is 0. The van der Waals surface area contributed by atoms with Crippen LogP contribution in [0, 0.1) is 5.82 Å². The molecule has 2 amide bonds. The molecular weight excluding hydrogens is 343 g/mol. The quantitative estimate of drug-likeness (QED) is 0.879. The maximum absolute atomic E-state index is 13.2. The molecule has 138 valence electrons. The summed E-state index contributed by atoms with van der Waals surface area (Å²) in [7, 11) is 0. The molecule has 0 spiro atoms. The number of piperidine rings is 1. The Hall–Kier alpha value is -2.69. The van der Waals surface area contributed by atoms with Crippen molar-refractivity contribution in [2.24, 2.45) is 0 Å². The number of rotatable bonds is 2. The van der Waals surface area contributed by atoms with Crippen molar-refractivity contribution in [1.29, 1.82) is 0 Å². The molecule has 0 saturated carbocycles. The van der Waals surface area contributed by atoms with E-state index in [1.807, 2.05) is 30.3 Å². The number of carbonyl (C=O) groups excluding carboxylic acids is 2. The van der Waals surface area contributed by atoms with E-state index in [4.69, 9.17) is 0 Å². The van der Waals surface area contributed by atoms with Gasteiger partial charge in [0.1, 0.15) is 5.82 Å². The third-order valence-corrected chi connectivity index (χ3v) is 6.29. The number of carbonyl (C=O) groups is 2. The Bertz CT molecular complexity index is 910. The summed E-state index contributed by atoms with van der Waals surface area (Å²) >= 11 is 0. The first-order valence-corrected chi connectivity index (χ1v) is 9.59. The zero-order chi connectivity index (χ0) is 18.5. The molecule has 0 aliphatic carbocycles. The molecule has 1 N–H and O–H groups in total. The number of nitrogens with one attached hydrogen (secondary N) is 1. The second-order valence-electron chi connectivity index (χ2n) is 7.91. The Labute approximate surface area is 157 Å². The van der Waals surface area contributed by atoms with Crippen LogP contribution in [0.3, 0.4) is 0 Å². The molecule has 2 fully saturated rings. The van der Waals surface area contributed by atoms with Crippen molar-refractivity contribution in [2.45, 2.75) is 50.1 Å². The fraction of sp³-hybridized carbons (Fsp3) is 0.364. The van der Waals surface area contributed by atoms with Crippen molar-refractivity contribution in [1.82, 2.24) is 4.90 Å². The molecule has 3 atom stereocenters. The molecule has 3 aliphatic rings. The molecule has 27 heavy (non-hydrogen) atoms. The number of hydrogen-bond donors (Lipinski definition) is 1. The number of hydrogen-bond acceptors (Lipinski definition) is 2. The molecule has 2 aromatic rings. The van der Waals surface area contributed by atoms with Crippen molar-refractivity contribution in [3.8, 4) is 0 Å². The standard InChI is InChI=1S/C22H21FN2O2/c23-17-4-1-13(2-5-17)15-10-18-6-7-19(11-15)25(18)22(27)14-3-8-20-16(9-14)12-21(26)24-20/h1-5,8-9,15,18-19H,6-7,10-12H2,(H,24,26)/t15?,18-,19+. The molecule has 2 saturated heterocycles. The average molecular weight is 364 g/mol. The van der Waals surface area contributed by atoms with Crippen LogP contribution >= 0.6 is 0 Å². The predicted octanol–water partition coefficient (Wildman–Crippen LogP) is 3.87. The van der Waals surface area contributed by atoms with Gasteiger partial charge < -0.3 is 10.2 Å². The molecule has 0 aromatic heterocycles. The van der Waals surface area contributed by atoms with E-state index in [0.717, 1.165) is 36.9 Å². The second kappa shape index (κ2) is 6.19. The van der Waals surface area contributed by atoms with E-state index in [0.29, 0.717) is 17.9 Å². The molecule has 3 aliphatic heterocycles. The summed E-state index contributed by atoms with van der Waals surface area (Å²) in [5.74, 6) is 0.227. The minimum atomic E-state index is -0.209. The van der Waals surface area contributed by atoms with Crippen molar-refractivity contribution >= 4 is 17.5 Å². The van der Waals surface area contributed by atoms with Gasteiger partial charge in [-0.3, -0.25) is 9.59 Å². The Kier molecular flexibility index (Phi) is 3.78. The third kappa shape index (κ3) is 2.82. The number of benzene rings is 2. The first-order chi connectivity index (χ1) is 13.1. The van der Waals surface area contributed by atoms with E-state index in [-0.39, 0.29) is 29.7 Å². The third-order valence-electron chi connectivity index (χ3n) is 6.29. The van der Waals surface area contributed by atoms with Gasteiger partial charge >= 0.3 is 0 Å². The van der Waals surface area contributed by atoms with Crippen LogP contribution in [-0.4, -0.2) is 28.8 Å². The number of halogens is 1. The number of fused-ring (bicyclic) bond motifs is 3. The molecule has 5 heteroatoms. The molecule has 5 rings (SSSR count). The summed E-state index contributed by atoms with van der Waals surface area (Å²) in [4.78, 5) is 26.8. The zero-order valence-corrected chi connectivity index (χ0v) is 15.0. The van der Waals surface area contributed by atoms with Gasteiger partial charge in [0, 0.05) is 23.3 Å². The van der Waals surface area contributed by atoms with E-state index < -0.39 is 0 Å². The van der Waals surface area contributed by atoms with E-state index in [1.165, 1.54) is 17.7 Å². The van der Waals surface area contributed by atoms with E-state index in [1.54, 1.807) is 0 Å². The number of nitrogens with zero attached hydrogens (tertiary/aromatic N) is 1. The Balaban J connectivity index is 1.36. The Morgan fingerprint density at radius 1 is 1.04 bits per heavy atom. The highest BCUT2D eigenvalue weighted by Gasteiger charge is 2.43. The van der Waals surface area contributed by atoms with Crippen molar-refractivity contribution in [2.75, 3.05) is 5.32 Å². The minimum Gasteiger partial charge on any atom is -0.333 e. The highest BCUT2D eigenvalue weighted by atomic mass is 19.1. The fourth-order valence-corrected chi connectivity index (χ4v) is 5.03. The van der Waals surface area contributed by atoms with E-state index >= 15 is 0 Å². The summed E-state index contributed by atoms with van der Waals surface area (Å²) in [5.41, 5.74) is 3.55. The lowest BCUT2D eigenvalue weighted by molar-refractivity contribution is -0.115. The van der Waals surface area contributed by atoms with Crippen molar-refractivity contribution in [3.05, 3.63) is 65.0 Å². The average Bonchev–Trinajstić information content (AvgIpc) is 3.16. The zero-order valence-electron chi connectivity index (χ0n) is 15.0. The van der Waals surface area contributed by atoms with Crippen LogP contribution in [0.5, 0.6) is 0 Å². The van der Waals surface area contributed by atoms with Gasteiger partial charge in [-0.2, -0.15) is 0 Å². The first-order valence-electron chi connectivity index (χ1n) is 9.59. The highest BCUT2D eigenvalue weighted by molar-refractivity contribution is 6.01. The second-order valence-corrected chi connectivity index (χ2v) is 7.91. The Morgan fingerprint density at radius 3 is 2.44 bits per heavy atom.